The molecule has 5 nitrogen and oxygen atoms in total. The van der Waals surface area contributed by atoms with E-state index in [1.54, 1.807) is 12.1 Å². The average Bonchev–Trinajstić information content (AvgIpc) is 3.21. The number of alkyl halides is 3. The van der Waals surface area contributed by atoms with Crippen LogP contribution in [0.5, 0.6) is 0 Å². The third-order valence-corrected chi connectivity index (χ3v) is 4.62. The Kier molecular flexibility index (Phi) is 4.91. The lowest BCUT2D eigenvalue weighted by atomic mass is 10.1. The van der Waals surface area contributed by atoms with Crippen LogP contribution in [0.1, 0.15) is 21.1 Å². The quantitative estimate of drug-likeness (QED) is 0.546. The van der Waals surface area contributed by atoms with E-state index in [0.29, 0.717) is 4.88 Å². The third-order valence-electron chi connectivity index (χ3n) is 3.02. The number of hydrogen-bond acceptors (Lipinski definition) is 6. The summed E-state index contributed by atoms with van der Waals surface area (Å²) < 4.78 is 48.9. The predicted octanol–water partition coefficient (Wildman–Crippen LogP) is 4.94. The molecule has 1 aromatic carbocycles. The molecule has 10 heteroatoms. The van der Waals surface area contributed by atoms with E-state index in [-0.39, 0.29) is 23.9 Å². The zero-order chi connectivity index (χ0) is 18.0. The van der Waals surface area contributed by atoms with Gasteiger partial charge in [0.15, 0.2) is 6.61 Å². The van der Waals surface area contributed by atoms with Gasteiger partial charge in [0.25, 0.3) is 5.89 Å². The van der Waals surface area contributed by atoms with Crippen molar-refractivity contribution in [1.82, 2.24) is 10.1 Å². The molecule has 130 valence electrons. The lowest BCUT2D eigenvalue weighted by Gasteiger charge is -2.06. The van der Waals surface area contributed by atoms with Crippen molar-refractivity contribution in [2.24, 2.45) is 0 Å². The maximum absolute atomic E-state index is 12.7. The molecule has 0 bridgehead atoms. The number of carbonyl (C=O) groups is 1. The normalized spacial score (nSPS) is 11.5. The van der Waals surface area contributed by atoms with Crippen LogP contribution < -0.4 is 0 Å². The summed E-state index contributed by atoms with van der Waals surface area (Å²) in [7, 11) is 0. The Labute approximate surface area is 151 Å². The second-order valence-corrected chi connectivity index (χ2v) is 7.23. The molecule has 2 aromatic heterocycles. The molecule has 0 radical (unpaired) electrons. The molecule has 0 unspecified atom stereocenters. The molecule has 25 heavy (non-hydrogen) atoms. The highest BCUT2D eigenvalue weighted by molar-refractivity contribution is 9.11. The Morgan fingerprint density at radius 2 is 2.08 bits per heavy atom. The van der Waals surface area contributed by atoms with Gasteiger partial charge in [-0.3, -0.25) is 0 Å². The van der Waals surface area contributed by atoms with Gasteiger partial charge >= 0.3 is 12.1 Å². The second-order valence-electron chi connectivity index (χ2n) is 4.77. The number of halogens is 4. The monoisotopic (exact) mass is 432 g/mol. The fourth-order valence-corrected chi connectivity index (χ4v) is 3.17. The molecular formula is C15H8BrF3N2O3S. The number of ether oxygens (including phenoxy) is 1. The first kappa shape index (κ1) is 17.6. The highest BCUT2D eigenvalue weighted by Crippen LogP contribution is 2.31. The van der Waals surface area contributed by atoms with E-state index in [0.717, 1.165) is 15.9 Å². The maximum Gasteiger partial charge on any atom is 0.416 e. The zero-order valence-electron chi connectivity index (χ0n) is 12.2. The summed E-state index contributed by atoms with van der Waals surface area (Å²) in [4.78, 5) is 16.2. The molecule has 0 atom stereocenters. The molecule has 0 saturated carbocycles. The number of hydrogen-bond donors (Lipinski definition) is 0. The Morgan fingerprint density at radius 1 is 1.28 bits per heavy atom. The number of nitrogens with zero attached hydrogens (tertiary/aromatic N) is 2. The van der Waals surface area contributed by atoms with Gasteiger partial charge in [-0.15, -0.1) is 11.3 Å². The van der Waals surface area contributed by atoms with Crippen LogP contribution in [-0.4, -0.2) is 16.1 Å². The van der Waals surface area contributed by atoms with E-state index in [4.69, 9.17) is 9.26 Å². The molecule has 0 aliphatic carbocycles. The van der Waals surface area contributed by atoms with E-state index in [9.17, 15) is 18.0 Å². The molecule has 0 aliphatic rings. The SMILES string of the molecule is O=C(OCc1nc(-c2cccc(C(F)(F)F)c2)no1)c1ccc(Br)s1. The number of aromatic nitrogens is 2. The van der Waals surface area contributed by atoms with Gasteiger partial charge in [-0.25, -0.2) is 4.79 Å². The first-order valence-corrected chi connectivity index (χ1v) is 8.36. The van der Waals surface area contributed by atoms with Crippen LogP contribution in [0.3, 0.4) is 0 Å². The second kappa shape index (κ2) is 6.96. The standard InChI is InChI=1S/C15H8BrF3N2O3S/c16-11-5-4-10(25-11)14(22)23-7-12-20-13(21-24-12)8-2-1-3-9(6-8)15(17,18)19/h1-6H,7H2. The van der Waals surface area contributed by atoms with Crippen molar-refractivity contribution >= 4 is 33.2 Å². The maximum atomic E-state index is 12.7. The van der Waals surface area contributed by atoms with Gasteiger partial charge in [-0.2, -0.15) is 18.2 Å². The lowest BCUT2D eigenvalue weighted by molar-refractivity contribution is -0.137. The minimum atomic E-state index is -4.47. The molecule has 0 saturated heterocycles. The van der Waals surface area contributed by atoms with Crippen molar-refractivity contribution in [1.29, 1.82) is 0 Å². The van der Waals surface area contributed by atoms with E-state index in [2.05, 4.69) is 26.1 Å². The molecular weight excluding hydrogens is 425 g/mol. The van der Waals surface area contributed by atoms with Gasteiger partial charge in [0.05, 0.1) is 9.35 Å². The topological polar surface area (TPSA) is 65.2 Å². The molecule has 0 aliphatic heterocycles. The summed E-state index contributed by atoms with van der Waals surface area (Å²) in [5, 5.41) is 3.61. The highest BCUT2D eigenvalue weighted by atomic mass is 79.9. The first-order chi connectivity index (χ1) is 11.8. The van der Waals surface area contributed by atoms with Crippen LogP contribution in [0.15, 0.2) is 44.7 Å². The molecule has 3 aromatic rings. The van der Waals surface area contributed by atoms with Crippen molar-refractivity contribution < 1.29 is 27.2 Å². The average molecular weight is 433 g/mol. The smallest absolute Gasteiger partial charge is 0.416 e. The Morgan fingerprint density at radius 3 is 2.76 bits per heavy atom. The van der Waals surface area contributed by atoms with Crippen LogP contribution >= 0.6 is 27.3 Å². The van der Waals surface area contributed by atoms with E-state index >= 15 is 0 Å². The molecule has 2 heterocycles. The van der Waals surface area contributed by atoms with E-state index < -0.39 is 17.7 Å². The van der Waals surface area contributed by atoms with Gasteiger partial charge < -0.3 is 9.26 Å². The molecule has 0 N–H and O–H groups in total. The summed E-state index contributed by atoms with van der Waals surface area (Å²) in [5.41, 5.74) is -0.663. The largest absolute Gasteiger partial charge is 0.451 e. The van der Waals surface area contributed by atoms with Crippen molar-refractivity contribution in [2.75, 3.05) is 0 Å². The summed E-state index contributed by atoms with van der Waals surface area (Å²) in [6.07, 6.45) is -4.47. The summed E-state index contributed by atoms with van der Waals surface area (Å²) in [5.74, 6) is -0.595. The van der Waals surface area contributed by atoms with Crippen molar-refractivity contribution in [2.45, 2.75) is 12.8 Å². The zero-order valence-corrected chi connectivity index (χ0v) is 14.6. The minimum absolute atomic E-state index is 0.0172. The predicted molar refractivity (Wildman–Crippen MR) is 85.9 cm³/mol. The van der Waals surface area contributed by atoms with Gasteiger partial charge in [0.2, 0.25) is 5.82 Å². The van der Waals surface area contributed by atoms with E-state index in [1.165, 1.54) is 23.5 Å². The first-order valence-electron chi connectivity index (χ1n) is 6.75. The Bertz CT molecular complexity index is 907. The van der Waals surface area contributed by atoms with Crippen LogP contribution in [0.2, 0.25) is 0 Å². The van der Waals surface area contributed by atoms with Crippen LogP contribution in [0.4, 0.5) is 13.2 Å². The highest BCUT2D eigenvalue weighted by Gasteiger charge is 2.30. The van der Waals surface area contributed by atoms with Crippen LogP contribution in [0.25, 0.3) is 11.4 Å². The number of thiophene rings is 1. The van der Waals surface area contributed by atoms with Crippen molar-refractivity contribution in [3.8, 4) is 11.4 Å². The summed E-state index contributed by atoms with van der Waals surface area (Å²) in [6, 6.07) is 7.86. The fourth-order valence-electron chi connectivity index (χ4n) is 1.89. The summed E-state index contributed by atoms with van der Waals surface area (Å²) in [6.45, 7) is -0.277. The van der Waals surface area contributed by atoms with Crippen LogP contribution in [-0.2, 0) is 17.5 Å². The Hall–Kier alpha value is -2.20. The number of carbonyl (C=O) groups excluding carboxylic acids is 1. The molecule has 3 rings (SSSR count). The van der Waals surface area contributed by atoms with Crippen LogP contribution in [0, 0.1) is 0 Å². The molecule has 0 amide bonds. The number of benzene rings is 1. The van der Waals surface area contributed by atoms with Gasteiger partial charge in [0.1, 0.15) is 4.88 Å². The third kappa shape index (κ3) is 4.26. The van der Waals surface area contributed by atoms with Gasteiger partial charge in [-0.05, 0) is 40.2 Å². The molecule has 0 fully saturated rings. The Balaban J connectivity index is 1.69. The fraction of sp³-hybridized carbons (Fsp3) is 0.133. The number of rotatable bonds is 4. The lowest BCUT2D eigenvalue weighted by Crippen LogP contribution is -2.04. The minimum Gasteiger partial charge on any atom is -0.451 e. The van der Waals surface area contributed by atoms with Gasteiger partial charge in [-0.1, -0.05) is 17.3 Å². The van der Waals surface area contributed by atoms with Gasteiger partial charge in [0, 0.05) is 5.56 Å². The van der Waals surface area contributed by atoms with E-state index in [1.807, 2.05) is 0 Å². The number of esters is 1. The summed E-state index contributed by atoms with van der Waals surface area (Å²) >= 11 is 4.44. The van der Waals surface area contributed by atoms with Crippen molar-refractivity contribution in [3.63, 3.8) is 0 Å². The molecule has 0 spiro atoms. The van der Waals surface area contributed by atoms with Crippen molar-refractivity contribution in [3.05, 3.63) is 56.5 Å².